The third-order valence-electron chi connectivity index (χ3n) is 4.79. The van der Waals surface area contributed by atoms with Crippen molar-refractivity contribution in [3.8, 4) is 0 Å². The predicted octanol–water partition coefficient (Wildman–Crippen LogP) is 3.59. The number of likely N-dealkylation sites (tertiary alicyclic amines) is 1. The van der Waals surface area contributed by atoms with Gasteiger partial charge in [0.25, 0.3) is 0 Å². The quantitative estimate of drug-likeness (QED) is 0.871. The van der Waals surface area contributed by atoms with Crippen molar-refractivity contribution >= 4 is 17.6 Å². The van der Waals surface area contributed by atoms with Crippen LogP contribution in [0.2, 0.25) is 5.02 Å². The van der Waals surface area contributed by atoms with Crippen LogP contribution in [0.5, 0.6) is 0 Å². The number of carboxylic acid groups (broad SMARTS) is 1. The molecule has 0 aromatic heterocycles. The summed E-state index contributed by atoms with van der Waals surface area (Å²) < 4.78 is 13.1. The smallest absolute Gasteiger partial charge is 0.325 e. The molecule has 1 saturated heterocycles. The summed E-state index contributed by atoms with van der Waals surface area (Å²) in [6, 6.07) is 11.7. The first kappa shape index (κ1) is 17.9. The fraction of sp³-hybridized carbons (Fsp3) is 0.316. The lowest BCUT2D eigenvalue weighted by Gasteiger charge is -2.40. The Morgan fingerprint density at radius 3 is 2.16 bits per heavy atom. The molecule has 1 atom stereocenters. The van der Waals surface area contributed by atoms with Gasteiger partial charge < -0.3 is 10.2 Å². The number of halogens is 2. The van der Waals surface area contributed by atoms with Gasteiger partial charge >= 0.3 is 5.97 Å². The maximum atomic E-state index is 13.1. The Balaban J connectivity index is 1.76. The number of nitrogens with zero attached hydrogens (tertiary/aromatic N) is 1. The summed E-state index contributed by atoms with van der Waals surface area (Å²) in [5.41, 5.74) is 0.323. The molecule has 6 heteroatoms. The number of aliphatic hydroxyl groups is 1. The minimum atomic E-state index is -0.993. The van der Waals surface area contributed by atoms with Crippen LogP contribution in [-0.2, 0) is 10.4 Å². The molecule has 132 valence electrons. The highest BCUT2D eigenvalue weighted by atomic mass is 35.5. The molecule has 0 bridgehead atoms. The van der Waals surface area contributed by atoms with Gasteiger partial charge in [0, 0.05) is 18.1 Å². The fourth-order valence-corrected chi connectivity index (χ4v) is 3.48. The van der Waals surface area contributed by atoms with Gasteiger partial charge in [-0.3, -0.25) is 9.69 Å². The van der Waals surface area contributed by atoms with Crippen LogP contribution in [0.1, 0.15) is 30.0 Å². The largest absolute Gasteiger partial charge is 0.480 e. The van der Waals surface area contributed by atoms with E-state index >= 15 is 0 Å². The van der Waals surface area contributed by atoms with Gasteiger partial charge in [0.2, 0.25) is 0 Å². The van der Waals surface area contributed by atoms with Crippen molar-refractivity contribution in [1.29, 1.82) is 0 Å². The Kier molecular flexibility index (Phi) is 5.08. The van der Waals surface area contributed by atoms with Gasteiger partial charge in [-0.05, 0) is 48.2 Å². The van der Waals surface area contributed by atoms with Crippen molar-refractivity contribution in [3.63, 3.8) is 0 Å². The van der Waals surface area contributed by atoms with Gasteiger partial charge in [0.1, 0.15) is 11.9 Å². The second-order valence-corrected chi connectivity index (χ2v) is 6.80. The molecule has 0 radical (unpaired) electrons. The van der Waals surface area contributed by atoms with E-state index < -0.39 is 23.4 Å². The molecule has 0 spiro atoms. The Hall–Kier alpha value is -1.95. The molecule has 25 heavy (non-hydrogen) atoms. The Morgan fingerprint density at radius 1 is 1.08 bits per heavy atom. The molecule has 1 aliphatic heterocycles. The zero-order chi connectivity index (χ0) is 18.0. The van der Waals surface area contributed by atoms with E-state index in [9.17, 15) is 19.4 Å². The van der Waals surface area contributed by atoms with Crippen molar-refractivity contribution in [2.24, 2.45) is 0 Å². The molecular formula is C19H19ClFNO3. The normalized spacial score (nSPS) is 18.7. The zero-order valence-corrected chi connectivity index (χ0v) is 14.3. The van der Waals surface area contributed by atoms with E-state index in [4.69, 9.17) is 11.6 Å². The Morgan fingerprint density at radius 2 is 1.64 bits per heavy atom. The third-order valence-corrected chi connectivity index (χ3v) is 5.04. The summed E-state index contributed by atoms with van der Waals surface area (Å²) in [6.07, 6.45) is 0.833. The van der Waals surface area contributed by atoms with Crippen LogP contribution in [0.25, 0.3) is 0 Å². The van der Waals surface area contributed by atoms with Crippen molar-refractivity contribution in [2.75, 3.05) is 13.1 Å². The topological polar surface area (TPSA) is 60.8 Å². The van der Waals surface area contributed by atoms with Gasteiger partial charge in [0.05, 0.1) is 5.60 Å². The second kappa shape index (κ2) is 7.12. The monoisotopic (exact) mass is 363 g/mol. The molecule has 1 fully saturated rings. The number of piperidine rings is 1. The van der Waals surface area contributed by atoms with Gasteiger partial charge in [-0.1, -0.05) is 35.9 Å². The van der Waals surface area contributed by atoms with E-state index in [1.54, 1.807) is 29.2 Å². The SMILES string of the molecule is O=C(O)[C@H](c1ccc(F)cc1)N1CCC(O)(c2ccc(Cl)cc2)CC1. The number of benzene rings is 2. The lowest BCUT2D eigenvalue weighted by atomic mass is 9.83. The molecule has 0 saturated carbocycles. The minimum absolute atomic E-state index is 0.399. The molecule has 0 amide bonds. The van der Waals surface area contributed by atoms with E-state index in [1.165, 1.54) is 24.3 Å². The number of carboxylic acids is 1. The summed E-state index contributed by atoms with van der Waals surface area (Å²) in [4.78, 5) is 13.5. The van der Waals surface area contributed by atoms with Crippen molar-refractivity contribution < 1.29 is 19.4 Å². The molecule has 0 unspecified atom stereocenters. The van der Waals surface area contributed by atoms with Crippen molar-refractivity contribution in [3.05, 3.63) is 70.5 Å². The third kappa shape index (κ3) is 3.84. The molecular weight excluding hydrogens is 345 g/mol. The highest BCUT2D eigenvalue weighted by Crippen LogP contribution is 2.36. The van der Waals surface area contributed by atoms with E-state index in [1.807, 2.05) is 0 Å². The average Bonchev–Trinajstić information content (AvgIpc) is 2.59. The number of hydrogen-bond acceptors (Lipinski definition) is 3. The van der Waals surface area contributed by atoms with Crippen molar-refractivity contribution in [1.82, 2.24) is 4.90 Å². The zero-order valence-electron chi connectivity index (χ0n) is 13.5. The predicted molar refractivity (Wildman–Crippen MR) is 92.9 cm³/mol. The van der Waals surface area contributed by atoms with Gasteiger partial charge in [-0.2, -0.15) is 0 Å². The maximum absolute atomic E-state index is 13.1. The molecule has 2 aromatic rings. The second-order valence-electron chi connectivity index (χ2n) is 6.37. The number of aliphatic carboxylic acids is 1. The summed E-state index contributed by atoms with van der Waals surface area (Å²) in [7, 11) is 0. The molecule has 4 nitrogen and oxygen atoms in total. The van der Waals surface area contributed by atoms with Crippen LogP contribution in [-0.4, -0.2) is 34.2 Å². The molecule has 1 heterocycles. The average molecular weight is 364 g/mol. The highest BCUT2D eigenvalue weighted by molar-refractivity contribution is 6.30. The van der Waals surface area contributed by atoms with Crippen LogP contribution >= 0.6 is 11.6 Å². The van der Waals surface area contributed by atoms with Crippen LogP contribution in [0, 0.1) is 5.82 Å². The van der Waals surface area contributed by atoms with Crippen molar-refractivity contribution in [2.45, 2.75) is 24.5 Å². The summed E-state index contributed by atoms with van der Waals surface area (Å²) in [6.45, 7) is 0.848. The first-order valence-electron chi connectivity index (χ1n) is 8.10. The van der Waals surface area contributed by atoms with Gasteiger partial charge in [-0.25, -0.2) is 4.39 Å². The molecule has 0 aliphatic carbocycles. The summed E-state index contributed by atoms with van der Waals surface area (Å²) in [5.74, 6) is -1.38. The Labute approximate surface area is 150 Å². The molecule has 2 aromatic carbocycles. The highest BCUT2D eigenvalue weighted by Gasteiger charge is 2.38. The lowest BCUT2D eigenvalue weighted by Crippen LogP contribution is -2.45. The van der Waals surface area contributed by atoms with Gasteiger partial charge in [-0.15, -0.1) is 0 Å². The summed E-state index contributed by atoms with van der Waals surface area (Å²) >= 11 is 5.89. The van der Waals surface area contributed by atoms with E-state index in [0.29, 0.717) is 36.5 Å². The molecule has 1 aliphatic rings. The van der Waals surface area contributed by atoms with Crippen LogP contribution in [0.3, 0.4) is 0 Å². The number of rotatable bonds is 4. The first-order chi connectivity index (χ1) is 11.9. The summed E-state index contributed by atoms with van der Waals surface area (Å²) in [5, 5.41) is 21.1. The fourth-order valence-electron chi connectivity index (χ4n) is 3.36. The van der Waals surface area contributed by atoms with Crippen LogP contribution in [0.15, 0.2) is 48.5 Å². The Bertz CT molecular complexity index is 740. The number of carbonyl (C=O) groups is 1. The molecule has 2 N–H and O–H groups in total. The van der Waals surface area contributed by atoms with E-state index in [0.717, 1.165) is 5.56 Å². The van der Waals surface area contributed by atoms with Crippen LogP contribution < -0.4 is 0 Å². The molecule has 3 rings (SSSR count). The van der Waals surface area contributed by atoms with E-state index in [-0.39, 0.29) is 0 Å². The minimum Gasteiger partial charge on any atom is -0.480 e. The number of hydrogen-bond donors (Lipinski definition) is 2. The lowest BCUT2D eigenvalue weighted by molar-refractivity contribution is -0.146. The van der Waals surface area contributed by atoms with E-state index in [2.05, 4.69) is 0 Å². The standard InChI is InChI=1S/C19H19ClFNO3/c20-15-5-3-14(4-6-15)19(25)9-11-22(12-10-19)17(18(23)24)13-1-7-16(21)8-2-13/h1-8,17,25H,9-12H2,(H,23,24)/t17-/m0/s1. The first-order valence-corrected chi connectivity index (χ1v) is 8.48. The van der Waals surface area contributed by atoms with Gasteiger partial charge in [0.15, 0.2) is 0 Å². The maximum Gasteiger partial charge on any atom is 0.325 e. The van der Waals surface area contributed by atoms with Crippen LogP contribution in [0.4, 0.5) is 4.39 Å².